The van der Waals surface area contributed by atoms with Crippen molar-refractivity contribution in [2.24, 2.45) is 5.92 Å². The van der Waals surface area contributed by atoms with E-state index >= 15 is 0 Å². The Hall–Kier alpha value is -2.24. The van der Waals surface area contributed by atoms with E-state index in [4.69, 9.17) is 27.9 Å². The summed E-state index contributed by atoms with van der Waals surface area (Å²) in [7, 11) is 0. The van der Waals surface area contributed by atoms with Crippen molar-refractivity contribution >= 4 is 35.0 Å². The minimum absolute atomic E-state index is 0.119. The first-order chi connectivity index (χ1) is 14.8. The van der Waals surface area contributed by atoms with Crippen LogP contribution in [0.2, 0.25) is 10.0 Å². The maximum absolute atomic E-state index is 13.0. The van der Waals surface area contributed by atoms with Gasteiger partial charge in [-0.1, -0.05) is 55.2 Å². The van der Waals surface area contributed by atoms with Gasteiger partial charge in [0.1, 0.15) is 11.8 Å². The molecule has 2 aromatic carbocycles. The van der Waals surface area contributed by atoms with Gasteiger partial charge in [-0.3, -0.25) is 9.59 Å². The van der Waals surface area contributed by atoms with Crippen LogP contribution in [-0.4, -0.2) is 35.9 Å². The van der Waals surface area contributed by atoms with Crippen molar-refractivity contribution in [3.05, 3.63) is 64.1 Å². The summed E-state index contributed by atoms with van der Waals surface area (Å²) in [5, 5.41) is 4.12. The van der Waals surface area contributed by atoms with Crippen LogP contribution in [0.15, 0.2) is 48.5 Å². The second-order valence-electron chi connectivity index (χ2n) is 7.83. The van der Waals surface area contributed by atoms with Crippen LogP contribution in [0.1, 0.15) is 39.2 Å². The molecule has 0 aliphatic carbocycles. The quantitative estimate of drug-likeness (QED) is 0.456. The Morgan fingerprint density at radius 3 is 2.35 bits per heavy atom. The predicted octanol–water partition coefficient (Wildman–Crippen LogP) is 5.34. The number of ether oxygens (including phenoxy) is 1. The van der Waals surface area contributed by atoms with Crippen LogP contribution >= 0.6 is 23.2 Å². The van der Waals surface area contributed by atoms with Crippen LogP contribution in [0.5, 0.6) is 5.75 Å². The summed E-state index contributed by atoms with van der Waals surface area (Å²) in [5.41, 5.74) is 0.804. The molecule has 1 N–H and O–H groups in total. The molecule has 168 valence electrons. The molecule has 2 aromatic rings. The Morgan fingerprint density at radius 1 is 1.03 bits per heavy atom. The number of carbonyl (C=O) groups is 2. The van der Waals surface area contributed by atoms with Crippen LogP contribution in [0, 0.1) is 5.92 Å². The highest BCUT2D eigenvalue weighted by Crippen LogP contribution is 2.20. The lowest BCUT2D eigenvalue weighted by Crippen LogP contribution is -2.48. The molecule has 0 heterocycles. The highest BCUT2D eigenvalue weighted by atomic mass is 35.5. The summed E-state index contributed by atoms with van der Waals surface area (Å²) >= 11 is 12.2. The first-order valence-corrected chi connectivity index (χ1v) is 11.2. The third-order valence-corrected chi connectivity index (χ3v) is 5.39. The Balaban J connectivity index is 2.00. The Morgan fingerprint density at radius 2 is 1.71 bits per heavy atom. The van der Waals surface area contributed by atoms with E-state index in [0.29, 0.717) is 41.3 Å². The third kappa shape index (κ3) is 8.42. The van der Waals surface area contributed by atoms with Crippen LogP contribution in [0.4, 0.5) is 0 Å². The van der Waals surface area contributed by atoms with Crippen molar-refractivity contribution in [1.29, 1.82) is 0 Å². The van der Waals surface area contributed by atoms with Gasteiger partial charge in [0.2, 0.25) is 11.8 Å². The van der Waals surface area contributed by atoms with E-state index in [1.54, 1.807) is 42.2 Å². The van der Waals surface area contributed by atoms with Gasteiger partial charge >= 0.3 is 0 Å². The third-order valence-electron chi connectivity index (χ3n) is 4.77. The van der Waals surface area contributed by atoms with Crippen molar-refractivity contribution in [2.75, 3.05) is 13.2 Å². The molecule has 1 atom stereocenters. The van der Waals surface area contributed by atoms with Gasteiger partial charge < -0.3 is 15.0 Å². The largest absolute Gasteiger partial charge is 0.494 e. The fourth-order valence-corrected chi connectivity index (χ4v) is 3.25. The first kappa shape index (κ1) is 25.0. The van der Waals surface area contributed by atoms with Gasteiger partial charge in [0.15, 0.2) is 0 Å². The summed E-state index contributed by atoms with van der Waals surface area (Å²) in [6.07, 6.45) is 0.792. The van der Waals surface area contributed by atoms with Crippen molar-refractivity contribution in [3.63, 3.8) is 0 Å². The Bertz CT molecular complexity index is 856. The second-order valence-corrected chi connectivity index (χ2v) is 8.68. The summed E-state index contributed by atoms with van der Waals surface area (Å²) in [6, 6.07) is 13.8. The van der Waals surface area contributed by atoms with Crippen molar-refractivity contribution in [1.82, 2.24) is 10.2 Å². The molecular formula is C24H30Cl2N2O3. The molecule has 0 fully saturated rings. The van der Waals surface area contributed by atoms with E-state index in [9.17, 15) is 9.59 Å². The van der Waals surface area contributed by atoms with E-state index in [1.807, 2.05) is 32.0 Å². The molecule has 31 heavy (non-hydrogen) atoms. The summed E-state index contributed by atoms with van der Waals surface area (Å²) in [5.74, 6) is 0.735. The van der Waals surface area contributed by atoms with Crippen LogP contribution in [0.25, 0.3) is 0 Å². The fourth-order valence-electron chi connectivity index (χ4n) is 2.93. The van der Waals surface area contributed by atoms with E-state index < -0.39 is 6.04 Å². The zero-order valence-electron chi connectivity index (χ0n) is 18.2. The second kappa shape index (κ2) is 12.6. The molecule has 0 spiro atoms. The fraction of sp³-hybridized carbons (Fsp3) is 0.417. The average molecular weight is 465 g/mol. The molecule has 7 heteroatoms. The van der Waals surface area contributed by atoms with Gasteiger partial charge in [-0.05, 0) is 55.2 Å². The number of amides is 2. The van der Waals surface area contributed by atoms with Gasteiger partial charge in [0.05, 0.1) is 6.61 Å². The van der Waals surface area contributed by atoms with Gasteiger partial charge in [-0.15, -0.1) is 0 Å². The Kier molecular flexibility index (Phi) is 10.2. The molecule has 0 aliphatic rings. The van der Waals surface area contributed by atoms with E-state index in [2.05, 4.69) is 5.32 Å². The highest BCUT2D eigenvalue weighted by Gasteiger charge is 2.26. The minimum atomic E-state index is -0.611. The highest BCUT2D eigenvalue weighted by molar-refractivity contribution is 6.31. The molecule has 5 nitrogen and oxygen atoms in total. The van der Waals surface area contributed by atoms with Gasteiger partial charge in [0, 0.05) is 29.6 Å². The predicted molar refractivity (Wildman–Crippen MR) is 125 cm³/mol. The average Bonchev–Trinajstić information content (AvgIpc) is 2.75. The van der Waals surface area contributed by atoms with Crippen molar-refractivity contribution in [2.45, 2.75) is 46.2 Å². The van der Waals surface area contributed by atoms with Crippen molar-refractivity contribution in [3.8, 4) is 5.75 Å². The smallest absolute Gasteiger partial charge is 0.242 e. The van der Waals surface area contributed by atoms with Gasteiger partial charge in [-0.25, -0.2) is 0 Å². The van der Waals surface area contributed by atoms with E-state index in [1.165, 1.54) is 0 Å². The van der Waals surface area contributed by atoms with E-state index in [0.717, 1.165) is 5.56 Å². The van der Waals surface area contributed by atoms with Crippen LogP contribution in [-0.2, 0) is 16.1 Å². The summed E-state index contributed by atoms with van der Waals surface area (Å²) < 4.78 is 5.67. The van der Waals surface area contributed by atoms with Crippen molar-refractivity contribution < 1.29 is 14.3 Å². The Labute approximate surface area is 194 Å². The lowest BCUT2D eigenvalue weighted by atomic mass is 10.1. The summed E-state index contributed by atoms with van der Waals surface area (Å²) in [6.45, 7) is 7.02. The molecule has 0 aromatic heterocycles. The molecule has 0 radical (unpaired) electrons. The SMILES string of the molecule is CC(C)CNC(=O)C(C)N(Cc1ccccc1Cl)C(=O)CCCOc1ccc(Cl)cc1. The topological polar surface area (TPSA) is 58.6 Å². The van der Waals surface area contributed by atoms with Crippen LogP contribution < -0.4 is 10.1 Å². The maximum atomic E-state index is 13.0. The number of halogens is 2. The zero-order valence-corrected chi connectivity index (χ0v) is 19.7. The number of rotatable bonds is 11. The number of benzene rings is 2. The minimum Gasteiger partial charge on any atom is -0.494 e. The molecule has 1 unspecified atom stereocenters. The van der Waals surface area contributed by atoms with E-state index in [-0.39, 0.29) is 24.8 Å². The molecule has 2 rings (SSSR count). The van der Waals surface area contributed by atoms with Gasteiger partial charge in [-0.2, -0.15) is 0 Å². The molecular weight excluding hydrogens is 435 g/mol. The monoisotopic (exact) mass is 464 g/mol. The number of nitrogens with one attached hydrogen (secondary N) is 1. The molecule has 0 saturated carbocycles. The first-order valence-electron chi connectivity index (χ1n) is 10.5. The number of hydrogen-bond acceptors (Lipinski definition) is 3. The van der Waals surface area contributed by atoms with Crippen LogP contribution in [0.3, 0.4) is 0 Å². The molecule has 0 aliphatic heterocycles. The number of nitrogens with zero attached hydrogens (tertiary/aromatic N) is 1. The number of hydrogen-bond donors (Lipinski definition) is 1. The van der Waals surface area contributed by atoms with Gasteiger partial charge in [0.25, 0.3) is 0 Å². The maximum Gasteiger partial charge on any atom is 0.242 e. The number of carbonyl (C=O) groups excluding carboxylic acids is 2. The standard InChI is InChI=1S/C24H30Cl2N2O3/c1-17(2)15-27-24(30)18(3)28(16-19-7-4-5-8-22(19)26)23(29)9-6-14-31-21-12-10-20(25)11-13-21/h4-5,7-8,10-13,17-18H,6,9,14-16H2,1-3H3,(H,27,30). The normalized spacial score (nSPS) is 11.8. The lowest BCUT2D eigenvalue weighted by Gasteiger charge is -2.29. The molecule has 2 amide bonds. The molecule has 0 bridgehead atoms. The molecule has 0 saturated heterocycles. The zero-order chi connectivity index (χ0) is 22.8. The summed E-state index contributed by atoms with van der Waals surface area (Å²) in [4.78, 5) is 27.2. The lowest BCUT2D eigenvalue weighted by molar-refractivity contribution is -0.140.